The molecule has 2 aliphatic rings. The summed E-state index contributed by atoms with van der Waals surface area (Å²) in [5.41, 5.74) is 1.73. The van der Waals surface area contributed by atoms with Crippen molar-refractivity contribution in [2.45, 2.75) is 12.5 Å². The maximum Gasteiger partial charge on any atom is 0.101 e. The average molecular weight is 214 g/mol. The smallest absolute Gasteiger partial charge is 0.101 e. The van der Waals surface area contributed by atoms with Crippen molar-refractivity contribution in [3.8, 4) is 6.07 Å². The summed E-state index contributed by atoms with van der Waals surface area (Å²) in [4.78, 5) is 6.46. The Balaban J connectivity index is 1.81. The highest BCUT2D eigenvalue weighted by molar-refractivity contribution is 5.52. The van der Waals surface area contributed by atoms with Crippen molar-refractivity contribution < 1.29 is 0 Å². The Morgan fingerprint density at radius 1 is 1.50 bits per heavy atom. The number of nitriles is 1. The van der Waals surface area contributed by atoms with E-state index >= 15 is 0 Å². The zero-order valence-corrected chi connectivity index (χ0v) is 9.06. The number of nitrogens with zero attached hydrogens (tertiary/aromatic N) is 3. The number of hydrogen-bond donors (Lipinski definition) is 1. The summed E-state index contributed by atoms with van der Waals surface area (Å²) in [6, 6.07) is 4.67. The molecule has 0 aliphatic carbocycles. The normalized spacial score (nSPS) is 27.8. The summed E-state index contributed by atoms with van der Waals surface area (Å²) < 4.78 is 0. The molecule has 2 atom stereocenters. The van der Waals surface area contributed by atoms with Gasteiger partial charge in [-0.2, -0.15) is 5.26 Å². The van der Waals surface area contributed by atoms with E-state index in [1.807, 2.05) is 12.3 Å². The van der Waals surface area contributed by atoms with Gasteiger partial charge in [0, 0.05) is 25.3 Å². The maximum absolute atomic E-state index is 8.85. The van der Waals surface area contributed by atoms with Crippen LogP contribution in [0.4, 0.5) is 5.69 Å². The Morgan fingerprint density at radius 3 is 3.25 bits per heavy atom. The lowest BCUT2D eigenvalue weighted by molar-refractivity contribution is 0.229. The van der Waals surface area contributed by atoms with Crippen molar-refractivity contribution in [1.82, 2.24) is 10.3 Å². The predicted octanol–water partition coefficient (Wildman–Crippen LogP) is 0.751. The maximum atomic E-state index is 8.85. The predicted molar refractivity (Wildman–Crippen MR) is 61.1 cm³/mol. The van der Waals surface area contributed by atoms with Gasteiger partial charge in [-0.1, -0.05) is 0 Å². The third-order valence-electron chi connectivity index (χ3n) is 3.61. The molecule has 16 heavy (non-hydrogen) atoms. The third kappa shape index (κ3) is 1.44. The molecule has 4 heteroatoms. The van der Waals surface area contributed by atoms with Gasteiger partial charge in [0.2, 0.25) is 0 Å². The van der Waals surface area contributed by atoms with Gasteiger partial charge in [-0.25, -0.2) is 0 Å². The number of anilines is 1. The van der Waals surface area contributed by atoms with Crippen LogP contribution < -0.4 is 10.2 Å². The summed E-state index contributed by atoms with van der Waals surface area (Å²) in [5, 5.41) is 12.3. The molecule has 1 aromatic rings. The van der Waals surface area contributed by atoms with Crippen LogP contribution in [0.1, 0.15) is 12.0 Å². The molecule has 4 nitrogen and oxygen atoms in total. The number of piperidine rings is 1. The van der Waals surface area contributed by atoms with Gasteiger partial charge in [0.25, 0.3) is 0 Å². The number of hydrogen-bond acceptors (Lipinski definition) is 4. The van der Waals surface area contributed by atoms with E-state index in [2.05, 4.69) is 21.3 Å². The van der Waals surface area contributed by atoms with Crippen LogP contribution in [0.3, 0.4) is 0 Å². The van der Waals surface area contributed by atoms with E-state index in [9.17, 15) is 0 Å². The molecule has 2 fully saturated rings. The summed E-state index contributed by atoms with van der Waals surface area (Å²) >= 11 is 0. The first-order chi connectivity index (χ1) is 7.88. The summed E-state index contributed by atoms with van der Waals surface area (Å²) in [7, 11) is 0. The second kappa shape index (κ2) is 3.76. The van der Waals surface area contributed by atoms with Crippen LogP contribution >= 0.6 is 0 Å². The van der Waals surface area contributed by atoms with E-state index < -0.39 is 0 Å². The van der Waals surface area contributed by atoms with Crippen LogP contribution in [0.15, 0.2) is 18.5 Å². The number of aromatic nitrogens is 1. The van der Waals surface area contributed by atoms with Gasteiger partial charge in [-0.15, -0.1) is 0 Å². The van der Waals surface area contributed by atoms with E-state index in [1.165, 1.54) is 6.42 Å². The molecular weight excluding hydrogens is 200 g/mol. The summed E-state index contributed by atoms with van der Waals surface area (Å²) in [5.74, 6) is 0.826. The number of nitrogens with one attached hydrogen (secondary N) is 1. The first-order valence-electron chi connectivity index (χ1n) is 5.71. The Labute approximate surface area is 94.9 Å². The molecule has 3 rings (SSSR count). The quantitative estimate of drug-likeness (QED) is 0.749. The lowest BCUT2D eigenvalue weighted by Crippen LogP contribution is -2.63. The minimum Gasteiger partial charge on any atom is -0.365 e. The van der Waals surface area contributed by atoms with E-state index in [-0.39, 0.29) is 0 Å². The molecule has 1 N–H and O–H groups in total. The number of pyridine rings is 1. The molecule has 2 saturated heterocycles. The Hall–Kier alpha value is -1.60. The minimum atomic E-state index is 0.601. The highest BCUT2D eigenvalue weighted by atomic mass is 15.3. The molecule has 0 saturated carbocycles. The lowest BCUT2D eigenvalue weighted by Gasteiger charge is -2.52. The summed E-state index contributed by atoms with van der Waals surface area (Å²) in [6.45, 7) is 3.32. The molecule has 0 spiro atoms. The van der Waals surface area contributed by atoms with Gasteiger partial charge in [0.05, 0.1) is 17.4 Å². The van der Waals surface area contributed by atoms with Crippen molar-refractivity contribution in [3.05, 3.63) is 24.0 Å². The van der Waals surface area contributed by atoms with Gasteiger partial charge >= 0.3 is 0 Å². The van der Waals surface area contributed by atoms with Crippen LogP contribution in [-0.2, 0) is 0 Å². The van der Waals surface area contributed by atoms with E-state index in [0.717, 1.165) is 31.2 Å². The number of rotatable bonds is 1. The van der Waals surface area contributed by atoms with Crippen molar-refractivity contribution >= 4 is 5.69 Å². The molecule has 82 valence electrons. The molecule has 0 radical (unpaired) electrons. The fraction of sp³-hybridized carbons (Fsp3) is 0.500. The fourth-order valence-electron chi connectivity index (χ4n) is 2.67. The highest BCUT2D eigenvalue weighted by Crippen LogP contribution is 2.34. The first kappa shape index (κ1) is 9.61. The minimum absolute atomic E-state index is 0.601. The van der Waals surface area contributed by atoms with Gasteiger partial charge in [0.15, 0.2) is 0 Å². The number of fused-ring (bicyclic) bond motifs is 1. The van der Waals surface area contributed by atoms with Gasteiger partial charge in [-0.05, 0) is 24.9 Å². The molecule has 0 bridgehead atoms. The molecule has 0 aromatic carbocycles. The SMILES string of the molecule is N#Cc1cncc(N2CC3CCNCC32)c1. The largest absolute Gasteiger partial charge is 0.365 e. The molecular formula is C12H14N4. The van der Waals surface area contributed by atoms with E-state index in [0.29, 0.717) is 11.6 Å². The molecule has 2 unspecified atom stereocenters. The molecule has 2 aliphatic heterocycles. The Morgan fingerprint density at radius 2 is 2.44 bits per heavy atom. The zero-order chi connectivity index (χ0) is 11.0. The Kier molecular flexibility index (Phi) is 2.26. The summed E-state index contributed by atoms with van der Waals surface area (Å²) in [6.07, 6.45) is 4.73. The standard InChI is InChI=1S/C12H14N4/c13-4-9-3-11(6-15-5-9)16-8-10-1-2-14-7-12(10)16/h3,5-6,10,12,14H,1-2,7-8H2. The van der Waals surface area contributed by atoms with E-state index in [1.54, 1.807) is 6.20 Å². The van der Waals surface area contributed by atoms with Crippen LogP contribution in [0.25, 0.3) is 0 Å². The lowest BCUT2D eigenvalue weighted by atomic mass is 9.83. The van der Waals surface area contributed by atoms with Gasteiger partial charge in [0.1, 0.15) is 6.07 Å². The molecule has 3 heterocycles. The van der Waals surface area contributed by atoms with Crippen molar-refractivity contribution in [2.75, 3.05) is 24.5 Å². The topological polar surface area (TPSA) is 52.0 Å². The van der Waals surface area contributed by atoms with Crippen molar-refractivity contribution in [3.63, 3.8) is 0 Å². The zero-order valence-electron chi connectivity index (χ0n) is 9.06. The monoisotopic (exact) mass is 214 g/mol. The highest BCUT2D eigenvalue weighted by Gasteiger charge is 2.40. The van der Waals surface area contributed by atoms with Crippen LogP contribution in [0.5, 0.6) is 0 Å². The average Bonchev–Trinajstić information content (AvgIpc) is 2.31. The van der Waals surface area contributed by atoms with Crippen LogP contribution in [0, 0.1) is 17.2 Å². The fourth-order valence-corrected chi connectivity index (χ4v) is 2.67. The van der Waals surface area contributed by atoms with Crippen LogP contribution in [-0.4, -0.2) is 30.7 Å². The van der Waals surface area contributed by atoms with E-state index in [4.69, 9.17) is 5.26 Å². The second-order valence-electron chi connectivity index (χ2n) is 4.52. The van der Waals surface area contributed by atoms with Gasteiger partial charge < -0.3 is 10.2 Å². The first-order valence-corrected chi connectivity index (χ1v) is 5.71. The second-order valence-corrected chi connectivity index (χ2v) is 4.52. The van der Waals surface area contributed by atoms with Crippen molar-refractivity contribution in [1.29, 1.82) is 5.26 Å². The van der Waals surface area contributed by atoms with Crippen LogP contribution in [0.2, 0.25) is 0 Å². The van der Waals surface area contributed by atoms with Gasteiger partial charge in [-0.3, -0.25) is 4.98 Å². The Bertz CT molecular complexity index is 437. The third-order valence-corrected chi connectivity index (χ3v) is 3.61. The molecule has 1 aromatic heterocycles. The van der Waals surface area contributed by atoms with Crippen molar-refractivity contribution in [2.24, 2.45) is 5.92 Å². The molecule has 0 amide bonds.